The molecule has 19 heavy (non-hydrogen) atoms. The zero-order valence-corrected chi connectivity index (χ0v) is 11.7. The number of amides is 1. The lowest BCUT2D eigenvalue weighted by molar-refractivity contribution is 0.0944. The van der Waals surface area contributed by atoms with E-state index in [1.165, 1.54) is 11.3 Å². The molecule has 1 amide bonds. The highest BCUT2D eigenvalue weighted by molar-refractivity contribution is 7.21. The topological polar surface area (TPSA) is 55.1 Å². The minimum absolute atomic E-state index is 0.0940. The summed E-state index contributed by atoms with van der Waals surface area (Å²) in [5.41, 5.74) is 6.60. The average molecular weight is 293 g/mol. The first-order valence-corrected chi connectivity index (χ1v) is 7.28. The van der Waals surface area contributed by atoms with Crippen LogP contribution in [0.15, 0.2) is 30.4 Å². The van der Waals surface area contributed by atoms with Crippen LogP contribution in [0.2, 0.25) is 5.02 Å². The van der Waals surface area contributed by atoms with E-state index in [1.807, 2.05) is 12.1 Å². The summed E-state index contributed by atoms with van der Waals surface area (Å²) in [6, 6.07) is 5.68. The molecule has 0 atom stereocenters. The number of fused-ring (bicyclic) bond motifs is 1. The van der Waals surface area contributed by atoms with Gasteiger partial charge >= 0.3 is 0 Å². The summed E-state index contributed by atoms with van der Waals surface area (Å²) in [6.45, 7) is 0. The van der Waals surface area contributed by atoms with Crippen LogP contribution >= 0.6 is 22.9 Å². The van der Waals surface area contributed by atoms with E-state index in [4.69, 9.17) is 17.3 Å². The van der Waals surface area contributed by atoms with Crippen LogP contribution in [-0.2, 0) is 0 Å². The van der Waals surface area contributed by atoms with Crippen molar-refractivity contribution >= 4 is 44.6 Å². The van der Waals surface area contributed by atoms with E-state index >= 15 is 0 Å². The number of anilines is 1. The number of carbonyl (C=O) groups is 1. The van der Waals surface area contributed by atoms with Gasteiger partial charge in [-0.25, -0.2) is 0 Å². The molecule has 0 unspecified atom stereocenters. The zero-order valence-electron chi connectivity index (χ0n) is 10.2. The maximum atomic E-state index is 12.2. The Labute approximate surface area is 120 Å². The largest absolute Gasteiger partial charge is 0.397 e. The Bertz CT molecular complexity index is 669. The number of carbonyl (C=O) groups excluding carboxylic acids is 1. The van der Waals surface area contributed by atoms with Gasteiger partial charge in [0.25, 0.3) is 5.91 Å². The van der Waals surface area contributed by atoms with Gasteiger partial charge in [0.15, 0.2) is 0 Å². The summed E-state index contributed by atoms with van der Waals surface area (Å²) in [6.07, 6.45) is 5.95. The van der Waals surface area contributed by atoms with Crippen molar-refractivity contribution in [1.29, 1.82) is 0 Å². The van der Waals surface area contributed by atoms with E-state index < -0.39 is 0 Å². The Morgan fingerprint density at radius 3 is 2.84 bits per heavy atom. The van der Waals surface area contributed by atoms with E-state index in [2.05, 4.69) is 17.5 Å². The van der Waals surface area contributed by atoms with Crippen LogP contribution in [0.4, 0.5) is 5.69 Å². The van der Waals surface area contributed by atoms with Crippen LogP contribution in [0.25, 0.3) is 10.1 Å². The predicted octanol–water partition coefficient (Wildman–Crippen LogP) is 3.59. The lowest BCUT2D eigenvalue weighted by Crippen LogP contribution is -2.32. The third-order valence-electron chi connectivity index (χ3n) is 3.24. The second kappa shape index (κ2) is 4.87. The molecule has 2 aromatic rings. The summed E-state index contributed by atoms with van der Waals surface area (Å²) >= 11 is 7.34. The first kappa shape index (κ1) is 12.5. The highest BCUT2D eigenvalue weighted by Crippen LogP contribution is 2.35. The summed E-state index contributed by atoms with van der Waals surface area (Å²) in [7, 11) is 0. The molecule has 3 rings (SSSR count). The molecule has 0 saturated heterocycles. The molecule has 0 bridgehead atoms. The number of hydrogen-bond donors (Lipinski definition) is 2. The van der Waals surface area contributed by atoms with Crippen molar-refractivity contribution in [2.75, 3.05) is 5.73 Å². The second-order valence-electron chi connectivity index (χ2n) is 4.60. The van der Waals surface area contributed by atoms with Crippen LogP contribution < -0.4 is 11.1 Å². The fourth-order valence-corrected chi connectivity index (χ4v) is 3.55. The number of thiophene rings is 1. The fourth-order valence-electron chi connectivity index (χ4n) is 2.25. The van der Waals surface area contributed by atoms with Crippen molar-refractivity contribution in [3.8, 4) is 0 Å². The van der Waals surface area contributed by atoms with Gasteiger partial charge in [-0.15, -0.1) is 11.3 Å². The van der Waals surface area contributed by atoms with Crippen LogP contribution in [0.5, 0.6) is 0 Å². The van der Waals surface area contributed by atoms with E-state index in [9.17, 15) is 4.79 Å². The fraction of sp³-hybridized carbons (Fsp3) is 0.214. The van der Waals surface area contributed by atoms with Crippen LogP contribution in [0.3, 0.4) is 0 Å². The minimum atomic E-state index is -0.0940. The number of benzene rings is 1. The van der Waals surface area contributed by atoms with Gasteiger partial charge in [0.05, 0.1) is 5.69 Å². The first-order valence-electron chi connectivity index (χ1n) is 6.08. The highest BCUT2D eigenvalue weighted by atomic mass is 35.5. The highest BCUT2D eigenvalue weighted by Gasteiger charge is 2.20. The van der Waals surface area contributed by atoms with Crippen molar-refractivity contribution in [2.45, 2.75) is 18.9 Å². The molecule has 3 nitrogen and oxygen atoms in total. The quantitative estimate of drug-likeness (QED) is 0.831. The van der Waals surface area contributed by atoms with Crippen molar-refractivity contribution in [1.82, 2.24) is 5.32 Å². The Balaban J connectivity index is 1.91. The SMILES string of the molecule is Nc1c(C(=O)NC2CC=CC2)sc2cc(Cl)ccc12. The summed E-state index contributed by atoms with van der Waals surface area (Å²) < 4.78 is 0.944. The molecular formula is C14H13ClN2OS. The average Bonchev–Trinajstić information content (AvgIpc) is 2.97. The van der Waals surface area contributed by atoms with Gasteiger partial charge in [-0.1, -0.05) is 23.8 Å². The lowest BCUT2D eigenvalue weighted by atomic mass is 10.2. The summed E-state index contributed by atoms with van der Waals surface area (Å²) in [5, 5.41) is 4.55. The molecule has 0 aliphatic heterocycles. The Morgan fingerprint density at radius 2 is 2.11 bits per heavy atom. The Morgan fingerprint density at radius 1 is 1.37 bits per heavy atom. The van der Waals surface area contributed by atoms with Gasteiger partial charge < -0.3 is 11.1 Å². The molecule has 1 aromatic carbocycles. The van der Waals surface area contributed by atoms with E-state index in [0.717, 1.165) is 22.9 Å². The molecule has 1 aromatic heterocycles. The number of hydrogen-bond acceptors (Lipinski definition) is 3. The van der Waals surface area contributed by atoms with Crippen LogP contribution in [0, 0.1) is 0 Å². The summed E-state index contributed by atoms with van der Waals surface area (Å²) in [5.74, 6) is -0.0940. The molecule has 98 valence electrons. The maximum absolute atomic E-state index is 12.2. The van der Waals surface area contributed by atoms with Gasteiger partial charge in [0, 0.05) is 21.2 Å². The van der Waals surface area contributed by atoms with Crippen molar-refractivity contribution in [3.63, 3.8) is 0 Å². The number of halogens is 1. The summed E-state index contributed by atoms with van der Waals surface area (Å²) in [4.78, 5) is 12.8. The van der Waals surface area contributed by atoms with Gasteiger partial charge in [0.2, 0.25) is 0 Å². The predicted molar refractivity (Wildman–Crippen MR) is 80.9 cm³/mol. The van der Waals surface area contributed by atoms with Gasteiger partial charge in [-0.05, 0) is 31.0 Å². The monoisotopic (exact) mass is 292 g/mol. The van der Waals surface area contributed by atoms with Gasteiger partial charge in [-0.2, -0.15) is 0 Å². The molecule has 0 fully saturated rings. The normalized spacial score (nSPS) is 15.2. The minimum Gasteiger partial charge on any atom is -0.397 e. The van der Waals surface area contributed by atoms with Gasteiger partial charge in [0.1, 0.15) is 4.88 Å². The Kier molecular flexibility index (Phi) is 3.21. The smallest absolute Gasteiger partial charge is 0.263 e. The molecule has 0 radical (unpaired) electrons. The third kappa shape index (κ3) is 2.33. The van der Waals surface area contributed by atoms with E-state index in [-0.39, 0.29) is 11.9 Å². The molecule has 5 heteroatoms. The second-order valence-corrected chi connectivity index (χ2v) is 6.09. The van der Waals surface area contributed by atoms with E-state index in [1.54, 1.807) is 6.07 Å². The van der Waals surface area contributed by atoms with Gasteiger partial charge in [-0.3, -0.25) is 4.79 Å². The number of nitrogens with one attached hydrogen (secondary N) is 1. The van der Waals surface area contributed by atoms with Crippen molar-refractivity contribution in [2.24, 2.45) is 0 Å². The molecule has 1 aliphatic carbocycles. The molecule has 3 N–H and O–H groups in total. The lowest BCUT2D eigenvalue weighted by Gasteiger charge is -2.11. The number of nitrogen functional groups attached to an aromatic ring is 1. The molecular weight excluding hydrogens is 280 g/mol. The molecule has 0 saturated carbocycles. The Hall–Kier alpha value is -1.52. The molecule has 1 heterocycles. The van der Waals surface area contributed by atoms with Crippen LogP contribution in [-0.4, -0.2) is 11.9 Å². The molecule has 0 spiro atoms. The number of rotatable bonds is 2. The standard InChI is InChI=1S/C14H13ClN2OS/c15-8-5-6-10-11(7-8)19-13(12(10)16)14(18)17-9-3-1-2-4-9/h1-2,5-7,9H,3-4,16H2,(H,17,18). The zero-order chi connectivity index (χ0) is 13.4. The third-order valence-corrected chi connectivity index (χ3v) is 4.64. The van der Waals surface area contributed by atoms with Crippen LogP contribution in [0.1, 0.15) is 22.5 Å². The molecule has 1 aliphatic rings. The maximum Gasteiger partial charge on any atom is 0.263 e. The van der Waals surface area contributed by atoms with E-state index in [0.29, 0.717) is 15.6 Å². The first-order chi connectivity index (χ1) is 9.15. The van der Waals surface area contributed by atoms with Crippen molar-refractivity contribution < 1.29 is 4.79 Å². The van der Waals surface area contributed by atoms with Crippen molar-refractivity contribution in [3.05, 3.63) is 40.3 Å². The number of nitrogens with two attached hydrogens (primary N) is 1.